The fourth-order valence-corrected chi connectivity index (χ4v) is 9.30. The van der Waals surface area contributed by atoms with E-state index in [1.54, 1.807) is 0 Å². The molecule has 12 rings (SSSR count). The second-order valence-corrected chi connectivity index (χ2v) is 14.8. The number of furan rings is 1. The lowest BCUT2D eigenvalue weighted by Crippen LogP contribution is -1.96. The van der Waals surface area contributed by atoms with Gasteiger partial charge >= 0.3 is 0 Å². The number of hydrogen-bond donors (Lipinski definition) is 0. The Bertz CT molecular complexity index is 3510. The van der Waals surface area contributed by atoms with Gasteiger partial charge in [0.25, 0.3) is 0 Å². The topological polar surface area (TPSA) is 23.0 Å². The Kier molecular flexibility index (Phi) is 6.93. The fraction of sp³-hybridized carbons (Fsp3) is 0. The van der Waals surface area contributed by atoms with Crippen molar-refractivity contribution in [3.63, 3.8) is 0 Å². The Labute approximate surface area is 328 Å². The number of hydrogen-bond acceptors (Lipinski definition) is 1. The molecule has 3 nitrogen and oxygen atoms in total. The molecule has 57 heavy (non-hydrogen) atoms. The Morgan fingerprint density at radius 1 is 0.281 bits per heavy atom. The molecule has 0 fully saturated rings. The Balaban J connectivity index is 1.07. The molecule has 0 spiro atoms. The summed E-state index contributed by atoms with van der Waals surface area (Å²) >= 11 is 0. The van der Waals surface area contributed by atoms with Gasteiger partial charge in [0.1, 0.15) is 11.2 Å². The van der Waals surface area contributed by atoms with E-state index >= 15 is 0 Å². The molecule has 0 amide bonds. The van der Waals surface area contributed by atoms with Crippen molar-refractivity contribution in [2.24, 2.45) is 0 Å². The van der Waals surface area contributed by atoms with E-state index in [-0.39, 0.29) is 0 Å². The van der Waals surface area contributed by atoms with E-state index in [1.165, 1.54) is 71.5 Å². The van der Waals surface area contributed by atoms with Crippen LogP contribution in [0.3, 0.4) is 0 Å². The number of nitrogens with zero attached hydrogens (tertiary/aromatic N) is 2. The van der Waals surface area contributed by atoms with Gasteiger partial charge in [0.15, 0.2) is 0 Å². The van der Waals surface area contributed by atoms with Crippen LogP contribution in [0.15, 0.2) is 211 Å². The van der Waals surface area contributed by atoms with Gasteiger partial charge in [-0.2, -0.15) is 0 Å². The molecule has 3 aromatic heterocycles. The number of fused-ring (bicyclic) bond motifs is 9. The third-order valence-corrected chi connectivity index (χ3v) is 11.7. The van der Waals surface area contributed by atoms with Crippen molar-refractivity contribution in [2.75, 3.05) is 0 Å². The van der Waals surface area contributed by atoms with E-state index in [0.717, 1.165) is 38.8 Å². The first-order chi connectivity index (χ1) is 28.3. The summed E-state index contributed by atoms with van der Waals surface area (Å²) in [5.74, 6) is 0. The predicted molar refractivity (Wildman–Crippen MR) is 239 cm³/mol. The van der Waals surface area contributed by atoms with E-state index in [1.807, 2.05) is 0 Å². The first kappa shape index (κ1) is 31.7. The molecular weight excluding hydrogens is 693 g/mol. The highest BCUT2D eigenvalue weighted by Crippen LogP contribution is 2.43. The molecule has 0 saturated carbocycles. The molecule has 12 aromatic rings. The third-order valence-electron chi connectivity index (χ3n) is 11.7. The summed E-state index contributed by atoms with van der Waals surface area (Å²) in [4.78, 5) is 0. The number of benzene rings is 9. The summed E-state index contributed by atoms with van der Waals surface area (Å²) in [5, 5.41) is 7.18. The number of aromatic nitrogens is 2. The largest absolute Gasteiger partial charge is 0.456 e. The van der Waals surface area contributed by atoms with Crippen molar-refractivity contribution in [1.29, 1.82) is 0 Å². The Morgan fingerprint density at radius 3 is 1.60 bits per heavy atom. The van der Waals surface area contributed by atoms with Crippen LogP contribution in [-0.4, -0.2) is 9.13 Å². The van der Waals surface area contributed by atoms with Crippen molar-refractivity contribution in [1.82, 2.24) is 9.13 Å². The zero-order valence-electron chi connectivity index (χ0n) is 30.9. The molecular formula is C54H34N2O. The average molecular weight is 727 g/mol. The van der Waals surface area contributed by atoms with Crippen LogP contribution in [0.1, 0.15) is 0 Å². The molecule has 0 aliphatic heterocycles. The highest BCUT2D eigenvalue weighted by Gasteiger charge is 2.20. The molecule has 0 N–H and O–H groups in total. The maximum Gasteiger partial charge on any atom is 0.136 e. The van der Waals surface area contributed by atoms with Gasteiger partial charge in [-0.05, 0) is 94.0 Å². The van der Waals surface area contributed by atoms with Crippen molar-refractivity contribution in [3.05, 3.63) is 206 Å². The van der Waals surface area contributed by atoms with Gasteiger partial charge < -0.3 is 13.6 Å². The van der Waals surface area contributed by atoms with Gasteiger partial charge in [-0.1, -0.05) is 146 Å². The van der Waals surface area contributed by atoms with E-state index in [0.29, 0.717) is 0 Å². The molecule has 0 unspecified atom stereocenters. The summed E-state index contributed by atoms with van der Waals surface area (Å²) in [6, 6.07) is 74.4. The van der Waals surface area contributed by atoms with Crippen LogP contribution in [0.5, 0.6) is 0 Å². The molecule has 0 aliphatic rings. The molecule has 3 heterocycles. The molecule has 9 aromatic carbocycles. The summed E-state index contributed by atoms with van der Waals surface area (Å²) in [6.07, 6.45) is 0. The maximum atomic E-state index is 6.44. The quantitative estimate of drug-likeness (QED) is 0.173. The highest BCUT2D eigenvalue weighted by atomic mass is 16.3. The summed E-state index contributed by atoms with van der Waals surface area (Å²) in [5.41, 5.74) is 16.0. The summed E-state index contributed by atoms with van der Waals surface area (Å²) in [6.45, 7) is 0. The zero-order valence-corrected chi connectivity index (χ0v) is 30.9. The van der Waals surface area contributed by atoms with Crippen LogP contribution in [0, 0.1) is 0 Å². The van der Waals surface area contributed by atoms with Crippen LogP contribution < -0.4 is 0 Å². The highest BCUT2D eigenvalue weighted by molar-refractivity contribution is 6.18. The molecule has 0 atom stereocenters. The van der Waals surface area contributed by atoms with Gasteiger partial charge in [-0.25, -0.2) is 0 Å². The standard InChI is InChI=1S/C54H34N2O/c1-3-15-35(16-4-1)39-19-7-8-20-41(39)43-24-13-27-50-53(43)44-22-10-12-26-48(44)56(50)37-29-31-49-45(33-37)42-21-9-11-25-47(42)55(49)38-30-32-51-46(34-38)54-40(23-14-28-52(54)57-51)36-17-5-2-6-18-36/h1-34H. The minimum absolute atomic E-state index is 0.886. The van der Waals surface area contributed by atoms with Crippen LogP contribution in [0.4, 0.5) is 0 Å². The summed E-state index contributed by atoms with van der Waals surface area (Å²) in [7, 11) is 0. The van der Waals surface area contributed by atoms with Crippen molar-refractivity contribution in [3.8, 4) is 44.8 Å². The Hall–Kier alpha value is -7.62. The van der Waals surface area contributed by atoms with Crippen LogP contribution in [0.2, 0.25) is 0 Å². The predicted octanol–water partition coefficient (Wildman–Crippen LogP) is 14.8. The van der Waals surface area contributed by atoms with Crippen LogP contribution >= 0.6 is 0 Å². The van der Waals surface area contributed by atoms with E-state index in [4.69, 9.17) is 4.42 Å². The Morgan fingerprint density at radius 2 is 0.807 bits per heavy atom. The molecule has 0 aliphatic carbocycles. The van der Waals surface area contributed by atoms with E-state index < -0.39 is 0 Å². The van der Waals surface area contributed by atoms with Gasteiger partial charge in [-0.15, -0.1) is 0 Å². The zero-order chi connectivity index (χ0) is 37.5. The second-order valence-electron chi connectivity index (χ2n) is 14.8. The van der Waals surface area contributed by atoms with E-state index in [2.05, 4.69) is 215 Å². The lowest BCUT2D eigenvalue weighted by Gasteiger charge is -2.13. The van der Waals surface area contributed by atoms with Gasteiger partial charge in [0.05, 0.1) is 22.1 Å². The van der Waals surface area contributed by atoms with Crippen LogP contribution in [-0.2, 0) is 0 Å². The minimum Gasteiger partial charge on any atom is -0.456 e. The van der Waals surface area contributed by atoms with Crippen molar-refractivity contribution >= 4 is 65.6 Å². The molecule has 266 valence electrons. The minimum atomic E-state index is 0.886. The number of rotatable bonds is 5. The smallest absolute Gasteiger partial charge is 0.136 e. The normalized spacial score (nSPS) is 11.9. The maximum absolute atomic E-state index is 6.44. The molecule has 3 heteroatoms. The van der Waals surface area contributed by atoms with Gasteiger partial charge in [0, 0.05) is 43.7 Å². The molecule has 0 saturated heterocycles. The second kappa shape index (κ2) is 12.5. The van der Waals surface area contributed by atoms with Gasteiger partial charge in [-0.3, -0.25) is 0 Å². The van der Waals surface area contributed by atoms with Crippen LogP contribution in [0.25, 0.3) is 110 Å². The molecule has 0 radical (unpaired) electrons. The fourth-order valence-electron chi connectivity index (χ4n) is 9.30. The lowest BCUT2D eigenvalue weighted by molar-refractivity contribution is 0.669. The number of para-hydroxylation sites is 2. The average Bonchev–Trinajstić information content (AvgIpc) is 3.94. The first-order valence-corrected chi connectivity index (χ1v) is 19.5. The monoisotopic (exact) mass is 726 g/mol. The SMILES string of the molecule is c1ccc(-c2ccccc2-c2cccc3c2c2ccccc2n3-c2ccc3c(c2)c2ccccc2n3-c2ccc3oc4cccc(-c5ccccc5)c4c3c2)cc1. The van der Waals surface area contributed by atoms with Crippen molar-refractivity contribution < 1.29 is 4.42 Å². The van der Waals surface area contributed by atoms with Gasteiger partial charge in [0.2, 0.25) is 0 Å². The molecule has 0 bridgehead atoms. The van der Waals surface area contributed by atoms with E-state index in [9.17, 15) is 0 Å². The summed E-state index contributed by atoms with van der Waals surface area (Å²) < 4.78 is 11.3. The third kappa shape index (κ3) is 4.79. The van der Waals surface area contributed by atoms with Crippen molar-refractivity contribution in [2.45, 2.75) is 0 Å². The first-order valence-electron chi connectivity index (χ1n) is 19.5. The lowest BCUT2D eigenvalue weighted by atomic mass is 9.92.